The molecule has 1 N–H and O–H groups in total. The van der Waals surface area contributed by atoms with Crippen LogP contribution in [-0.2, 0) is 7.05 Å². The van der Waals surface area contributed by atoms with Crippen molar-refractivity contribution in [3.05, 3.63) is 52.8 Å². The second kappa shape index (κ2) is 7.31. The average Bonchev–Trinajstić information content (AvgIpc) is 2.95. The molecule has 0 saturated heterocycles. The maximum Gasteiger partial charge on any atom is 0.322 e. The first-order chi connectivity index (χ1) is 11.9. The van der Waals surface area contributed by atoms with Gasteiger partial charge in [-0.2, -0.15) is 5.10 Å². The van der Waals surface area contributed by atoms with Crippen LogP contribution in [0.25, 0.3) is 5.57 Å². The minimum atomic E-state index is -0.0868. The number of nitrogens with one attached hydrogen (secondary N) is 1. The van der Waals surface area contributed by atoms with Crippen LogP contribution in [0.5, 0.6) is 0 Å². The Hall–Kier alpha value is -2.27. The number of benzene rings is 1. The SMILES string of the molecule is CC(C)c1nn(C)cc1NC(=O)N1CC=C(c2cccc(Cl)c2)CC1. The number of aromatic nitrogens is 2. The van der Waals surface area contributed by atoms with E-state index in [-0.39, 0.29) is 11.9 Å². The van der Waals surface area contributed by atoms with E-state index in [1.165, 1.54) is 5.57 Å². The summed E-state index contributed by atoms with van der Waals surface area (Å²) in [5.41, 5.74) is 4.05. The van der Waals surface area contributed by atoms with Gasteiger partial charge in [-0.1, -0.05) is 43.7 Å². The van der Waals surface area contributed by atoms with Gasteiger partial charge in [0.05, 0.1) is 11.4 Å². The lowest BCUT2D eigenvalue weighted by Gasteiger charge is -2.27. The number of rotatable bonds is 3. The molecule has 3 rings (SSSR count). The first-order valence-corrected chi connectivity index (χ1v) is 8.86. The molecule has 0 fully saturated rings. The fraction of sp³-hybridized carbons (Fsp3) is 0.368. The van der Waals surface area contributed by atoms with Gasteiger partial charge < -0.3 is 10.2 Å². The maximum absolute atomic E-state index is 12.6. The third-order valence-electron chi connectivity index (χ3n) is 4.34. The summed E-state index contributed by atoms with van der Waals surface area (Å²) < 4.78 is 1.73. The molecule has 0 atom stereocenters. The Morgan fingerprint density at radius 2 is 2.16 bits per heavy atom. The van der Waals surface area contributed by atoms with E-state index in [9.17, 15) is 4.79 Å². The van der Waals surface area contributed by atoms with Gasteiger partial charge in [0.15, 0.2) is 0 Å². The lowest BCUT2D eigenvalue weighted by atomic mass is 10.00. The topological polar surface area (TPSA) is 50.2 Å². The van der Waals surface area contributed by atoms with Crippen LogP contribution in [0, 0.1) is 0 Å². The molecule has 5 nitrogen and oxygen atoms in total. The smallest absolute Gasteiger partial charge is 0.320 e. The number of nitrogens with zero attached hydrogens (tertiary/aromatic N) is 3. The highest BCUT2D eigenvalue weighted by atomic mass is 35.5. The number of hydrogen-bond donors (Lipinski definition) is 1. The van der Waals surface area contributed by atoms with E-state index in [2.05, 4.69) is 36.4 Å². The number of aryl methyl sites for hydroxylation is 1. The summed E-state index contributed by atoms with van der Waals surface area (Å²) in [6, 6.07) is 7.75. The van der Waals surface area contributed by atoms with Gasteiger partial charge in [-0.15, -0.1) is 0 Å². The first kappa shape index (κ1) is 17.5. The summed E-state index contributed by atoms with van der Waals surface area (Å²) in [6.45, 7) is 5.41. The number of hydrogen-bond acceptors (Lipinski definition) is 2. The predicted molar refractivity (Wildman–Crippen MR) is 102 cm³/mol. The van der Waals surface area contributed by atoms with Crippen molar-refractivity contribution in [3.63, 3.8) is 0 Å². The fourth-order valence-corrected chi connectivity index (χ4v) is 3.22. The second-order valence-electron chi connectivity index (χ2n) is 6.62. The summed E-state index contributed by atoms with van der Waals surface area (Å²) in [5.74, 6) is 0.257. The van der Waals surface area contributed by atoms with Gasteiger partial charge >= 0.3 is 6.03 Å². The lowest BCUT2D eigenvalue weighted by molar-refractivity contribution is 0.217. The molecule has 0 spiro atoms. The van der Waals surface area contributed by atoms with Crippen LogP contribution in [-0.4, -0.2) is 33.8 Å². The average molecular weight is 359 g/mol. The van der Waals surface area contributed by atoms with Crippen LogP contribution in [0.15, 0.2) is 36.5 Å². The minimum absolute atomic E-state index is 0.0868. The molecular formula is C19H23ClN4O. The molecule has 1 aliphatic rings. The van der Waals surface area contributed by atoms with Gasteiger partial charge in [0.2, 0.25) is 0 Å². The summed E-state index contributed by atoms with van der Waals surface area (Å²) in [6.07, 6.45) is 4.77. The van der Waals surface area contributed by atoms with Crippen molar-refractivity contribution < 1.29 is 4.79 Å². The van der Waals surface area contributed by atoms with Crippen molar-refractivity contribution in [3.8, 4) is 0 Å². The molecule has 25 heavy (non-hydrogen) atoms. The van der Waals surface area contributed by atoms with Crippen molar-refractivity contribution in [2.45, 2.75) is 26.2 Å². The molecular weight excluding hydrogens is 336 g/mol. The van der Waals surface area contributed by atoms with E-state index in [4.69, 9.17) is 11.6 Å². The van der Waals surface area contributed by atoms with Gasteiger partial charge in [0.1, 0.15) is 0 Å². The predicted octanol–water partition coefficient (Wildman–Crippen LogP) is 4.52. The number of amides is 2. The summed E-state index contributed by atoms with van der Waals surface area (Å²) >= 11 is 6.07. The molecule has 6 heteroatoms. The largest absolute Gasteiger partial charge is 0.322 e. The third kappa shape index (κ3) is 4.04. The van der Waals surface area contributed by atoms with Gasteiger partial charge in [-0.3, -0.25) is 4.68 Å². The molecule has 0 unspecified atom stereocenters. The molecule has 1 aromatic heterocycles. The van der Waals surface area contributed by atoms with Crippen molar-refractivity contribution >= 4 is 28.9 Å². The quantitative estimate of drug-likeness (QED) is 0.877. The first-order valence-electron chi connectivity index (χ1n) is 8.48. The maximum atomic E-state index is 12.6. The standard InChI is InChI=1S/C19H23ClN4O/c1-13(2)18-17(12-23(3)22-18)21-19(25)24-9-7-14(8-10-24)15-5-4-6-16(20)11-15/h4-7,11-13H,8-10H2,1-3H3,(H,21,25). The molecule has 1 aliphatic heterocycles. The van der Waals surface area contributed by atoms with E-state index in [1.54, 1.807) is 4.68 Å². The van der Waals surface area contributed by atoms with Crippen molar-refractivity contribution in [1.29, 1.82) is 0 Å². The molecule has 0 aliphatic carbocycles. The monoisotopic (exact) mass is 358 g/mol. The summed E-state index contributed by atoms with van der Waals surface area (Å²) in [5, 5.41) is 8.16. The number of anilines is 1. The van der Waals surface area contributed by atoms with Gasteiger partial charge in [-0.05, 0) is 35.6 Å². The zero-order chi connectivity index (χ0) is 18.0. The van der Waals surface area contributed by atoms with Crippen LogP contribution in [0.2, 0.25) is 5.02 Å². The van der Waals surface area contributed by atoms with Gasteiger partial charge in [0.25, 0.3) is 0 Å². The minimum Gasteiger partial charge on any atom is -0.320 e. The highest BCUT2D eigenvalue weighted by Crippen LogP contribution is 2.26. The Balaban J connectivity index is 1.67. The second-order valence-corrected chi connectivity index (χ2v) is 7.06. The highest BCUT2D eigenvalue weighted by molar-refractivity contribution is 6.30. The fourth-order valence-electron chi connectivity index (χ4n) is 3.03. The molecule has 0 saturated carbocycles. The van der Waals surface area contributed by atoms with E-state index >= 15 is 0 Å². The Labute approximate surface area is 153 Å². The Bertz CT molecular complexity index is 810. The van der Waals surface area contributed by atoms with Crippen LogP contribution < -0.4 is 5.32 Å². The lowest BCUT2D eigenvalue weighted by Crippen LogP contribution is -2.38. The van der Waals surface area contributed by atoms with E-state index in [1.807, 2.05) is 36.3 Å². The number of halogens is 1. The zero-order valence-electron chi connectivity index (χ0n) is 14.8. The van der Waals surface area contributed by atoms with E-state index in [0.717, 1.165) is 28.4 Å². The molecule has 1 aromatic carbocycles. The molecule has 0 bridgehead atoms. The molecule has 2 aromatic rings. The van der Waals surface area contributed by atoms with Gasteiger partial charge in [-0.25, -0.2) is 4.79 Å². The van der Waals surface area contributed by atoms with Gasteiger partial charge in [0, 0.05) is 31.4 Å². The van der Waals surface area contributed by atoms with Crippen molar-refractivity contribution in [2.24, 2.45) is 7.05 Å². The van der Waals surface area contributed by atoms with Crippen molar-refractivity contribution in [1.82, 2.24) is 14.7 Å². The molecule has 132 valence electrons. The molecule has 0 radical (unpaired) electrons. The Morgan fingerprint density at radius 1 is 1.36 bits per heavy atom. The zero-order valence-corrected chi connectivity index (χ0v) is 15.5. The highest BCUT2D eigenvalue weighted by Gasteiger charge is 2.20. The van der Waals surface area contributed by atoms with Crippen LogP contribution in [0.3, 0.4) is 0 Å². The third-order valence-corrected chi connectivity index (χ3v) is 4.57. The number of urea groups is 1. The van der Waals surface area contributed by atoms with Crippen LogP contribution in [0.1, 0.15) is 37.4 Å². The van der Waals surface area contributed by atoms with E-state index < -0.39 is 0 Å². The molecule has 2 heterocycles. The Morgan fingerprint density at radius 3 is 2.80 bits per heavy atom. The normalized spacial score (nSPS) is 14.6. The van der Waals surface area contributed by atoms with Crippen LogP contribution >= 0.6 is 11.6 Å². The summed E-state index contributed by atoms with van der Waals surface area (Å²) in [4.78, 5) is 14.4. The van der Waals surface area contributed by atoms with E-state index in [0.29, 0.717) is 13.1 Å². The van der Waals surface area contributed by atoms with Crippen molar-refractivity contribution in [2.75, 3.05) is 18.4 Å². The number of carbonyl (C=O) groups excluding carboxylic acids is 1. The molecule has 2 amide bonds. The number of carbonyl (C=O) groups is 1. The Kier molecular flexibility index (Phi) is 5.13. The van der Waals surface area contributed by atoms with Crippen LogP contribution in [0.4, 0.5) is 10.5 Å². The summed E-state index contributed by atoms with van der Waals surface area (Å²) in [7, 11) is 1.86.